The Balaban J connectivity index is 1.88. The molecule has 0 aromatic heterocycles. The second-order valence-corrected chi connectivity index (χ2v) is 6.22. The van der Waals surface area contributed by atoms with Crippen LogP contribution in [0.4, 0.5) is 0 Å². The molecule has 1 saturated heterocycles. The number of hydrogen-bond acceptors (Lipinski definition) is 3. The Morgan fingerprint density at radius 1 is 1.55 bits per heavy atom. The lowest BCUT2D eigenvalue weighted by Gasteiger charge is -2.31. The summed E-state index contributed by atoms with van der Waals surface area (Å²) in [6.07, 6.45) is 1.90. The topological polar surface area (TPSA) is 49.8 Å². The van der Waals surface area contributed by atoms with Crippen molar-refractivity contribution >= 4 is 33.4 Å². The van der Waals surface area contributed by atoms with Crippen LogP contribution in [0.1, 0.15) is 12.8 Å². The Morgan fingerprint density at radius 2 is 2.35 bits per heavy atom. The summed E-state index contributed by atoms with van der Waals surface area (Å²) in [7, 11) is 0. The minimum Gasteiger partial charge on any atom is -0.482 e. The van der Waals surface area contributed by atoms with E-state index in [0.717, 1.165) is 23.9 Å². The largest absolute Gasteiger partial charge is 0.482 e. The number of hydrogen-bond donors (Lipinski definition) is 1. The first-order chi connectivity index (χ1) is 9.60. The molecule has 0 spiro atoms. The van der Waals surface area contributed by atoms with E-state index < -0.39 is 0 Å². The van der Waals surface area contributed by atoms with Gasteiger partial charge in [-0.15, -0.1) is 0 Å². The molecule has 110 valence electrons. The molecule has 0 bridgehead atoms. The zero-order valence-electron chi connectivity index (χ0n) is 11.0. The van der Waals surface area contributed by atoms with Crippen molar-refractivity contribution in [3.63, 3.8) is 0 Å². The maximum atomic E-state index is 12.1. The Bertz CT molecular complexity index is 483. The molecular weight excluding hydrogens is 346 g/mol. The van der Waals surface area contributed by atoms with Crippen LogP contribution in [0.5, 0.6) is 5.75 Å². The summed E-state index contributed by atoms with van der Waals surface area (Å²) in [6.45, 7) is 1.43. The standard InChI is InChI=1S/C14H17BrClNO3/c15-11-3-4-13(12(16)6-11)20-9-14(19)17-5-1-2-10(7-17)8-18/h3-4,6,10,18H,1-2,5,7-9H2. The normalized spacial score (nSPS) is 18.9. The zero-order valence-corrected chi connectivity index (χ0v) is 13.4. The summed E-state index contributed by atoms with van der Waals surface area (Å²) in [5.41, 5.74) is 0. The maximum Gasteiger partial charge on any atom is 0.260 e. The number of aliphatic hydroxyl groups excluding tert-OH is 1. The van der Waals surface area contributed by atoms with Crippen molar-refractivity contribution in [1.29, 1.82) is 0 Å². The van der Waals surface area contributed by atoms with E-state index in [1.165, 1.54) is 0 Å². The van der Waals surface area contributed by atoms with Crippen LogP contribution in [0.25, 0.3) is 0 Å². The molecule has 1 aliphatic rings. The minimum atomic E-state index is -0.0675. The summed E-state index contributed by atoms with van der Waals surface area (Å²) in [5.74, 6) is 0.616. The molecule has 0 aliphatic carbocycles. The highest BCUT2D eigenvalue weighted by atomic mass is 79.9. The van der Waals surface area contributed by atoms with E-state index in [4.69, 9.17) is 21.4 Å². The number of rotatable bonds is 4. The lowest BCUT2D eigenvalue weighted by atomic mass is 9.99. The molecule has 6 heteroatoms. The first-order valence-electron chi connectivity index (χ1n) is 6.56. The van der Waals surface area contributed by atoms with Crippen LogP contribution in [-0.2, 0) is 4.79 Å². The van der Waals surface area contributed by atoms with Gasteiger partial charge in [-0.2, -0.15) is 0 Å². The number of carbonyl (C=O) groups excluding carboxylic acids is 1. The highest BCUT2D eigenvalue weighted by molar-refractivity contribution is 9.10. The van der Waals surface area contributed by atoms with Crippen LogP contribution in [0, 0.1) is 5.92 Å². The average molecular weight is 363 g/mol. The highest BCUT2D eigenvalue weighted by Crippen LogP contribution is 2.27. The van der Waals surface area contributed by atoms with Crippen molar-refractivity contribution in [1.82, 2.24) is 4.90 Å². The van der Waals surface area contributed by atoms with E-state index in [0.29, 0.717) is 17.3 Å². The number of likely N-dealkylation sites (tertiary alicyclic amines) is 1. The Morgan fingerprint density at radius 3 is 3.05 bits per heavy atom. The molecule has 1 atom stereocenters. The van der Waals surface area contributed by atoms with Gasteiger partial charge in [-0.05, 0) is 37.0 Å². The van der Waals surface area contributed by atoms with Gasteiger partial charge in [0, 0.05) is 24.2 Å². The van der Waals surface area contributed by atoms with Crippen LogP contribution in [0.3, 0.4) is 0 Å². The number of ether oxygens (including phenoxy) is 1. The van der Waals surface area contributed by atoms with E-state index in [1.807, 2.05) is 6.07 Å². The van der Waals surface area contributed by atoms with Gasteiger partial charge in [0.05, 0.1) is 5.02 Å². The quantitative estimate of drug-likeness (QED) is 0.896. The third kappa shape index (κ3) is 4.11. The maximum absolute atomic E-state index is 12.1. The monoisotopic (exact) mass is 361 g/mol. The fourth-order valence-electron chi connectivity index (χ4n) is 2.26. The van der Waals surface area contributed by atoms with Gasteiger partial charge >= 0.3 is 0 Å². The number of piperidine rings is 1. The molecule has 1 heterocycles. The zero-order chi connectivity index (χ0) is 14.5. The smallest absolute Gasteiger partial charge is 0.260 e. The third-order valence-electron chi connectivity index (χ3n) is 3.37. The van der Waals surface area contributed by atoms with Gasteiger partial charge in [-0.1, -0.05) is 27.5 Å². The molecule has 20 heavy (non-hydrogen) atoms. The Labute approximate surface area is 131 Å². The molecule has 1 N–H and O–H groups in total. The molecule has 1 unspecified atom stereocenters. The summed E-state index contributed by atoms with van der Waals surface area (Å²) in [4.78, 5) is 13.8. The first kappa shape index (κ1) is 15.6. The molecule has 0 saturated carbocycles. The van der Waals surface area contributed by atoms with Crippen molar-refractivity contribution in [2.75, 3.05) is 26.3 Å². The molecular formula is C14H17BrClNO3. The van der Waals surface area contributed by atoms with E-state index in [2.05, 4.69) is 15.9 Å². The van der Waals surface area contributed by atoms with Crippen LogP contribution < -0.4 is 4.74 Å². The SMILES string of the molecule is O=C(COc1ccc(Br)cc1Cl)N1CCCC(CO)C1. The predicted octanol–water partition coefficient (Wildman–Crippen LogP) is 2.71. The van der Waals surface area contributed by atoms with Gasteiger partial charge < -0.3 is 14.7 Å². The van der Waals surface area contributed by atoms with Gasteiger partial charge in [-0.25, -0.2) is 0 Å². The number of amides is 1. The van der Waals surface area contributed by atoms with Crippen LogP contribution in [-0.4, -0.2) is 42.2 Å². The van der Waals surface area contributed by atoms with Gasteiger partial charge in [0.2, 0.25) is 0 Å². The van der Waals surface area contributed by atoms with E-state index in [1.54, 1.807) is 17.0 Å². The molecule has 2 rings (SSSR count). The number of carbonyl (C=O) groups is 1. The lowest BCUT2D eigenvalue weighted by Crippen LogP contribution is -2.43. The van der Waals surface area contributed by atoms with Gasteiger partial charge in [0.25, 0.3) is 5.91 Å². The summed E-state index contributed by atoms with van der Waals surface area (Å²) < 4.78 is 6.33. The Kier molecular flexibility index (Phi) is 5.69. The van der Waals surface area contributed by atoms with Crippen molar-refractivity contribution in [3.8, 4) is 5.75 Å². The van der Waals surface area contributed by atoms with E-state index in [9.17, 15) is 4.79 Å². The van der Waals surface area contributed by atoms with Crippen LogP contribution >= 0.6 is 27.5 Å². The van der Waals surface area contributed by atoms with Gasteiger partial charge in [0.15, 0.2) is 6.61 Å². The summed E-state index contributed by atoms with van der Waals surface area (Å²) in [5, 5.41) is 9.64. The van der Waals surface area contributed by atoms with E-state index >= 15 is 0 Å². The molecule has 1 fully saturated rings. The summed E-state index contributed by atoms with van der Waals surface area (Å²) in [6, 6.07) is 5.27. The Hall–Kier alpha value is -0.780. The number of halogens is 2. The van der Waals surface area contributed by atoms with Crippen LogP contribution in [0.2, 0.25) is 5.02 Å². The van der Waals surface area contributed by atoms with Crippen molar-refractivity contribution < 1.29 is 14.6 Å². The summed E-state index contributed by atoms with van der Waals surface area (Å²) >= 11 is 9.35. The van der Waals surface area contributed by atoms with Crippen molar-refractivity contribution in [2.24, 2.45) is 5.92 Å². The predicted molar refractivity (Wildman–Crippen MR) is 81.0 cm³/mol. The molecule has 1 amide bonds. The van der Waals surface area contributed by atoms with Gasteiger partial charge in [0.1, 0.15) is 5.75 Å². The second kappa shape index (κ2) is 7.29. The number of aliphatic hydroxyl groups is 1. The highest BCUT2D eigenvalue weighted by Gasteiger charge is 2.23. The van der Waals surface area contributed by atoms with Crippen molar-refractivity contribution in [2.45, 2.75) is 12.8 Å². The van der Waals surface area contributed by atoms with Gasteiger partial charge in [-0.3, -0.25) is 4.79 Å². The molecule has 0 radical (unpaired) electrons. The number of benzene rings is 1. The number of nitrogens with zero attached hydrogens (tertiary/aromatic N) is 1. The second-order valence-electron chi connectivity index (χ2n) is 4.89. The molecule has 1 aromatic carbocycles. The fraction of sp³-hybridized carbons (Fsp3) is 0.500. The lowest BCUT2D eigenvalue weighted by molar-refractivity contribution is -0.135. The third-order valence-corrected chi connectivity index (χ3v) is 4.16. The van der Waals surface area contributed by atoms with E-state index in [-0.39, 0.29) is 25.0 Å². The van der Waals surface area contributed by atoms with Crippen LogP contribution in [0.15, 0.2) is 22.7 Å². The first-order valence-corrected chi connectivity index (χ1v) is 7.73. The van der Waals surface area contributed by atoms with Crippen molar-refractivity contribution in [3.05, 3.63) is 27.7 Å². The minimum absolute atomic E-state index is 0.0283. The average Bonchev–Trinajstić information content (AvgIpc) is 2.46. The fourth-order valence-corrected chi connectivity index (χ4v) is 2.99. The molecule has 1 aromatic rings. The molecule has 4 nitrogen and oxygen atoms in total. The molecule has 1 aliphatic heterocycles.